The summed E-state index contributed by atoms with van der Waals surface area (Å²) in [6.45, 7) is 5.22. The van der Waals surface area contributed by atoms with Gasteiger partial charge in [-0.15, -0.1) is 0 Å². The number of H-pyrrole nitrogens is 1. The van der Waals surface area contributed by atoms with Gasteiger partial charge in [-0.05, 0) is 55.7 Å². The third-order valence-corrected chi connectivity index (χ3v) is 7.10. The van der Waals surface area contributed by atoms with Crippen LogP contribution in [-0.4, -0.2) is 59.9 Å². The lowest BCUT2D eigenvalue weighted by Crippen LogP contribution is -2.57. The predicted octanol–water partition coefficient (Wildman–Crippen LogP) is 2.73. The number of nitrogens with one attached hydrogen (secondary N) is 3. The second-order valence-corrected chi connectivity index (χ2v) is 10.3. The van der Waals surface area contributed by atoms with Crippen LogP contribution in [-0.2, 0) is 9.59 Å². The van der Waals surface area contributed by atoms with Crippen LogP contribution in [0, 0.1) is 22.7 Å². The molecule has 3 unspecified atom stereocenters. The zero-order valence-corrected chi connectivity index (χ0v) is 20.5. The number of likely N-dealkylation sites (tertiary alicyclic amines) is 1. The number of amides is 3. The van der Waals surface area contributed by atoms with Crippen molar-refractivity contribution < 1.29 is 19.1 Å². The predicted molar refractivity (Wildman–Crippen MR) is 131 cm³/mol. The molecule has 2 saturated heterocycles. The van der Waals surface area contributed by atoms with Crippen molar-refractivity contribution in [3.63, 3.8) is 0 Å². The molecule has 1 aromatic heterocycles. The summed E-state index contributed by atoms with van der Waals surface area (Å²) in [7, 11) is 1.58. The summed E-state index contributed by atoms with van der Waals surface area (Å²) >= 11 is 0. The highest BCUT2D eigenvalue weighted by Crippen LogP contribution is 2.34. The van der Waals surface area contributed by atoms with Crippen molar-refractivity contribution in [1.82, 2.24) is 20.5 Å². The number of aromatic nitrogens is 1. The van der Waals surface area contributed by atoms with Crippen molar-refractivity contribution in [3.8, 4) is 11.8 Å². The first-order valence-corrected chi connectivity index (χ1v) is 12.2. The first kappa shape index (κ1) is 24.6. The van der Waals surface area contributed by atoms with E-state index in [2.05, 4.69) is 35.5 Å². The van der Waals surface area contributed by atoms with Crippen LogP contribution in [0.1, 0.15) is 56.4 Å². The van der Waals surface area contributed by atoms with Gasteiger partial charge in [-0.25, -0.2) is 0 Å². The summed E-state index contributed by atoms with van der Waals surface area (Å²) < 4.78 is 5.42. The number of benzene rings is 1. The molecule has 2 fully saturated rings. The Balaban J connectivity index is 1.54. The topological polar surface area (TPSA) is 127 Å². The van der Waals surface area contributed by atoms with Gasteiger partial charge in [0, 0.05) is 29.9 Å². The Morgan fingerprint density at radius 1 is 1.34 bits per heavy atom. The molecule has 9 heteroatoms. The average Bonchev–Trinajstić information content (AvgIpc) is 3.28. The zero-order valence-electron chi connectivity index (χ0n) is 20.5. The smallest absolute Gasteiger partial charge is 0.271 e. The number of aromatic amines is 1. The van der Waals surface area contributed by atoms with Crippen LogP contribution in [0.4, 0.5) is 0 Å². The van der Waals surface area contributed by atoms with Crippen molar-refractivity contribution in [2.45, 2.75) is 58.0 Å². The maximum atomic E-state index is 13.6. The number of rotatable bonds is 6. The first-order chi connectivity index (χ1) is 16.7. The number of methoxy groups -OCH3 is 1. The van der Waals surface area contributed by atoms with E-state index < -0.39 is 12.1 Å². The summed E-state index contributed by atoms with van der Waals surface area (Å²) in [5.74, 6) is -0.328. The van der Waals surface area contributed by atoms with Crippen molar-refractivity contribution in [1.29, 1.82) is 5.26 Å². The lowest BCUT2D eigenvalue weighted by molar-refractivity contribution is -0.130. The molecule has 2 aliphatic heterocycles. The van der Waals surface area contributed by atoms with Crippen LogP contribution < -0.4 is 15.4 Å². The van der Waals surface area contributed by atoms with Gasteiger partial charge in [0.05, 0.1) is 13.2 Å². The molecule has 2 aliphatic rings. The fraction of sp³-hybridized carbons (Fsp3) is 0.538. The molecule has 0 aliphatic carbocycles. The summed E-state index contributed by atoms with van der Waals surface area (Å²) in [5, 5.41) is 16.1. The summed E-state index contributed by atoms with van der Waals surface area (Å²) in [6.07, 6.45) is 3.10. The fourth-order valence-electron chi connectivity index (χ4n) is 5.15. The van der Waals surface area contributed by atoms with Gasteiger partial charge in [-0.3, -0.25) is 14.4 Å². The third kappa shape index (κ3) is 5.26. The van der Waals surface area contributed by atoms with Gasteiger partial charge in [-0.2, -0.15) is 5.26 Å². The molecule has 4 rings (SSSR count). The molecule has 3 N–H and O–H groups in total. The molecule has 35 heavy (non-hydrogen) atoms. The minimum atomic E-state index is -0.791. The standard InChI is InChI=1S/C26H33N5O4/c1-26(2)10-9-21(24(33)29-17(14-27)12-16-6-5-11-28-23(16)32)31(15-26)25(34)20-13-18-19(30-20)7-4-8-22(18)35-3/h4,7-8,13,16-17,21,30H,5-6,9-12,15H2,1-3H3,(H,28,32)(H,29,33). The number of carbonyl (C=O) groups excluding carboxylic acids is 3. The summed E-state index contributed by atoms with van der Waals surface area (Å²) in [5.41, 5.74) is 1.02. The molecule has 0 spiro atoms. The largest absolute Gasteiger partial charge is 0.496 e. The van der Waals surface area contributed by atoms with E-state index in [-0.39, 0.29) is 35.5 Å². The number of piperidine rings is 2. The molecule has 9 nitrogen and oxygen atoms in total. The maximum Gasteiger partial charge on any atom is 0.271 e. The Labute approximate surface area is 205 Å². The molecular formula is C26H33N5O4. The van der Waals surface area contributed by atoms with E-state index in [1.807, 2.05) is 18.2 Å². The lowest BCUT2D eigenvalue weighted by atomic mass is 9.80. The van der Waals surface area contributed by atoms with Crippen LogP contribution in [0.15, 0.2) is 24.3 Å². The summed E-state index contributed by atoms with van der Waals surface area (Å²) in [6, 6.07) is 7.95. The summed E-state index contributed by atoms with van der Waals surface area (Å²) in [4.78, 5) is 43.9. The Kier molecular flexibility index (Phi) is 7.01. The van der Waals surface area contributed by atoms with Gasteiger partial charge >= 0.3 is 0 Å². The fourth-order valence-corrected chi connectivity index (χ4v) is 5.15. The molecule has 3 atom stereocenters. The zero-order chi connectivity index (χ0) is 25.2. The number of hydrogen-bond donors (Lipinski definition) is 3. The van der Waals surface area contributed by atoms with Gasteiger partial charge in [0.1, 0.15) is 23.5 Å². The molecule has 0 bridgehead atoms. The van der Waals surface area contributed by atoms with Crippen LogP contribution in [0.5, 0.6) is 5.75 Å². The van der Waals surface area contributed by atoms with Gasteiger partial charge in [-0.1, -0.05) is 19.9 Å². The molecular weight excluding hydrogens is 446 g/mol. The van der Waals surface area contributed by atoms with Crippen LogP contribution in [0.2, 0.25) is 0 Å². The van der Waals surface area contributed by atoms with Gasteiger partial charge in [0.15, 0.2) is 0 Å². The van der Waals surface area contributed by atoms with Gasteiger partial charge < -0.3 is 25.3 Å². The second-order valence-electron chi connectivity index (χ2n) is 10.3. The number of hydrogen-bond acceptors (Lipinski definition) is 5. The highest BCUT2D eigenvalue weighted by molar-refractivity contribution is 6.01. The van der Waals surface area contributed by atoms with Gasteiger partial charge in [0.25, 0.3) is 5.91 Å². The number of carbonyl (C=O) groups is 3. The third-order valence-electron chi connectivity index (χ3n) is 7.10. The maximum absolute atomic E-state index is 13.6. The van der Waals surface area contributed by atoms with E-state index >= 15 is 0 Å². The highest BCUT2D eigenvalue weighted by atomic mass is 16.5. The molecule has 0 saturated carbocycles. The Morgan fingerprint density at radius 2 is 2.14 bits per heavy atom. The average molecular weight is 480 g/mol. The molecule has 2 aromatic rings. The molecule has 3 amide bonds. The Bertz CT molecular complexity index is 1160. The molecule has 0 radical (unpaired) electrons. The number of fused-ring (bicyclic) bond motifs is 1. The first-order valence-electron chi connectivity index (χ1n) is 12.2. The van der Waals surface area contributed by atoms with Crippen LogP contribution in [0.25, 0.3) is 10.9 Å². The van der Waals surface area contributed by atoms with E-state index in [0.29, 0.717) is 37.4 Å². The van der Waals surface area contributed by atoms with E-state index in [0.717, 1.165) is 23.7 Å². The van der Waals surface area contributed by atoms with E-state index in [4.69, 9.17) is 4.74 Å². The van der Waals surface area contributed by atoms with Crippen molar-refractivity contribution in [2.75, 3.05) is 20.2 Å². The second kappa shape index (κ2) is 9.98. The highest BCUT2D eigenvalue weighted by Gasteiger charge is 2.41. The van der Waals surface area contributed by atoms with Crippen molar-refractivity contribution in [3.05, 3.63) is 30.0 Å². The lowest BCUT2D eigenvalue weighted by Gasteiger charge is -2.43. The Morgan fingerprint density at radius 3 is 2.86 bits per heavy atom. The van der Waals surface area contributed by atoms with Crippen LogP contribution >= 0.6 is 0 Å². The molecule has 3 heterocycles. The SMILES string of the molecule is COc1cccc2[nH]c(C(=O)N3CC(C)(C)CCC3C(=O)NC(C#N)CC3CCCNC3=O)cc12. The number of nitriles is 1. The van der Waals surface area contributed by atoms with E-state index in [9.17, 15) is 19.6 Å². The minimum Gasteiger partial charge on any atom is -0.496 e. The normalized spacial score (nSPS) is 22.7. The number of ether oxygens (including phenoxy) is 1. The number of nitrogens with zero attached hydrogens (tertiary/aromatic N) is 2. The van der Waals surface area contributed by atoms with Gasteiger partial charge in [0.2, 0.25) is 11.8 Å². The molecule has 1 aromatic carbocycles. The van der Waals surface area contributed by atoms with Crippen molar-refractivity contribution in [2.24, 2.45) is 11.3 Å². The van der Waals surface area contributed by atoms with Crippen LogP contribution in [0.3, 0.4) is 0 Å². The minimum absolute atomic E-state index is 0.0730. The van der Waals surface area contributed by atoms with Crippen molar-refractivity contribution >= 4 is 28.6 Å². The monoisotopic (exact) mass is 479 g/mol. The van der Waals surface area contributed by atoms with E-state index in [1.54, 1.807) is 18.1 Å². The van der Waals surface area contributed by atoms with E-state index in [1.165, 1.54) is 0 Å². The Hall–Kier alpha value is -3.54. The molecule has 186 valence electrons. The quantitative estimate of drug-likeness (QED) is 0.587.